The summed E-state index contributed by atoms with van der Waals surface area (Å²) in [5, 5.41) is 9.38. The molecular weight excluding hydrogens is 226 g/mol. The minimum absolute atomic E-state index is 0.138. The van der Waals surface area contributed by atoms with Crippen molar-refractivity contribution in [3.05, 3.63) is 0 Å². The van der Waals surface area contributed by atoms with Gasteiger partial charge in [0.25, 0.3) is 0 Å². The van der Waals surface area contributed by atoms with E-state index in [1.807, 2.05) is 0 Å². The fourth-order valence-corrected chi connectivity index (χ4v) is 3.93. The van der Waals surface area contributed by atoms with E-state index in [0.29, 0.717) is 6.04 Å². The first kappa shape index (κ1) is 13.9. The Balaban J connectivity index is 2.01. The Morgan fingerprint density at radius 2 is 1.83 bits per heavy atom. The Kier molecular flexibility index (Phi) is 4.66. The van der Waals surface area contributed by atoms with E-state index in [1.165, 1.54) is 32.1 Å². The van der Waals surface area contributed by atoms with Gasteiger partial charge in [-0.2, -0.15) is 0 Å². The third-order valence-electron chi connectivity index (χ3n) is 5.05. The van der Waals surface area contributed by atoms with Crippen molar-refractivity contribution in [1.29, 1.82) is 0 Å². The zero-order chi connectivity index (χ0) is 13.1. The maximum atomic E-state index is 11.4. The van der Waals surface area contributed by atoms with Gasteiger partial charge in [-0.3, -0.25) is 9.69 Å². The van der Waals surface area contributed by atoms with Gasteiger partial charge in [-0.05, 0) is 38.6 Å². The first-order chi connectivity index (χ1) is 8.59. The molecule has 104 valence electrons. The molecule has 0 heterocycles. The van der Waals surface area contributed by atoms with Crippen molar-refractivity contribution in [2.75, 3.05) is 7.05 Å². The molecule has 2 saturated carbocycles. The average Bonchev–Trinajstić information content (AvgIpc) is 2.38. The molecule has 3 heteroatoms. The Morgan fingerprint density at radius 3 is 2.50 bits per heavy atom. The predicted molar refractivity (Wildman–Crippen MR) is 72.6 cm³/mol. The number of aliphatic carboxylic acids is 1. The van der Waals surface area contributed by atoms with Gasteiger partial charge in [0.05, 0.1) is 5.92 Å². The summed E-state index contributed by atoms with van der Waals surface area (Å²) >= 11 is 0. The van der Waals surface area contributed by atoms with Crippen LogP contribution in [0.5, 0.6) is 0 Å². The molecule has 2 aliphatic carbocycles. The molecule has 4 atom stereocenters. The van der Waals surface area contributed by atoms with E-state index in [4.69, 9.17) is 0 Å². The molecule has 2 aliphatic rings. The molecule has 4 unspecified atom stereocenters. The number of rotatable bonds is 3. The predicted octanol–water partition coefficient (Wildman–Crippen LogP) is 3.14. The van der Waals surface area contributed by atoms with Crippen molar-refractivity contribution in [1.82, 2.24) is 4.90 Å². The average molecular weight is 253 g/mol. The Labute approximate surface area is 111 Å². The monoisotopic (exact) mass is 253 g/mol. The molecule has 0 radical (unpaired) electrons. The van der Waals surface area contributed by atoms with Crippen molar-refractivity contribution in [2.24, 2.45) is 11.8 Å². The van der Waals surface area contributed by atoms with E-state index in [1.54, 1.807) is 0 Å². The maximum Gasteiger partial charge on any atom is 0.308 e. The molecule has 0 spiro atoms. The molecule has 0 aromatic rings. The van der Waals surface area contributed by atoms with E-state index in [0.717, 1.165) is 25.2 Å². The summed E-state index contributed by atoms with van der Waals surface area (Å²) in [6.45, 7) is 2.33. The molecule has 3 nitrogen and oxygen atoms in total. The second-order valence-corrected chi connectivity index (χ2v) is 6.39. The van der Waals surface area contributed by atoms with Crippen LogP contribution in [-0.2, 0) is 4.79 Å². The van der Waals surface area contributed by atoms with E-state index in [2.05, 4.69) is 18.9 Å². The van der Waals surface area contributed by atoms with E-state index < -0.39 is 5.97 Å². The standard InChI is InChI=1S/C15H27NO2/c1-11-6-5-7-12(10-11)16(2)14-9-4-3-8-13(14)15(17)18/h11-14H,3-10H2,1-2H3,(H,17,18). The fourth-order valence-electron chi connectivity index (χ4n) is 3.93. The van der Waals surface area contributed by atoms with Gasteiger partial charge in [0.2, 0.25) is 0 Å². The highest BCUT2D eigenvalue weighted by Crippen LogP contribution is 2.34. The van der Waals surface area contributed by atoms with Crippen LogP contribution in [0.15, 0.2) is 0 Å². The molecule has 0 amide bonds. The highest BCUT2D eigenvalue weighted by Gasteiger charge is 2.36. The number of carbonyl (C=O) groups is 1. The van der Waals surface area contributed by atoms with Crippen LogP contribution in [0.4, 0.5) is 0 Å². The first-order valence-electron chi connectivity index (χ1n) is 7.54. The maximum absolute atomic E-state index is 11.4. The topological polar surface area (TPSA) is 40.5 Å². The van der Waals surface area contributed by atoms with Gasteiger partial charge in [0.1, 0.15) is 0 Å². The molecule has 0 bridgehead atoms. The second kappa shape index (κ2) is 6.05. The highest BCUT2D eigenvalue weighted by atomic mass is 16.4. The molecule has 2 fully saturated rings. The highest BCUT2D eigenvalue weighted by molar-refractivity contribution is 5.71. The summed E-state index contributed by atoms with van der Waals surface area (Å²) in [6.07, 6.45) is 9.37. The van der Waals surface area contributed by atoms with Crippen molar-refractivity contribution in [3.8, 4) is 0 Å². The Bertz CT molecular complexity index is 292. The van der Waals surface area contributed by atoms with E-state index in [-0.39, 0.29) is 12.0 Å². The number of carboxylic acid groups (broad SMARTS) is 1. The number of hydrogen-bond acceptors (Lipinski definition) is 2. The van der Waals surface area contributed by atoms with Crippen molar-refractivity contribution < 1.29 is 9.90 Å². The summed E-state index contributed by atoms with van der Waals surface area (Å²) < 4.78 is 0. The fraction of sp³-hybridized carbons (Fsp3) is 0.933. The summed E-state index contributed by atoms with van der Waals surface area (Å²) in [5.41, 5.74) is 0. The van der Waals surface area contributed by atoms with Crippen LogP contribution in [-0.4, -0.2) is 35.1 Å². The zero-order valence-corrected chi connectivity index (χ0v) is 11.8. The minimum Gasteiger partial charge on any atom is -0.481 e. The quantitative estimate of drug-likeness (QED) is 0.840. The molecule has 0 saturated heterocycles. The first-order valence-corrected chi connectivity index (χ1v) is 7.54. The third kappa shape index (κ3) is 3.05. The summed E-state index contributed by atoms with van der Waals surface area (Å²) in [4.78, 5) is 13.8. The van der Waals surface area contributed by atoms with Crippen LogP contribution in [0.3, 0.4) is 0 Å². The van der Waals surface area contributed by atoms with Crippen molar-refractivity contribution in [3.63, 3.8) is 0 Å². The van der Waals surface area contributed by atoms with Crippen molar-refractivity contribution in [2.45, 2.75) is 70.4 Å². The van der Waals surface area contributed by atoms with Gasteiger partial charge >= 0.3 is 5.97 Å². The third-order valence-corrected chi connectivity index (χ3v) is 5.05. The van der Waals surface area contributed by atoms with Crippen LogP contribution in [0, 0.1) is 11.8 Å². The molecule has 2 rings (SSSR count). The van der Waals surface area contributed by atoms with Gasteiger partial charge in [-0.25, -0.2) is 0 Å². The molecular formula is C15H27NO2. The summed E-state index contributed by atoms with van der Waals surface area (Å²) in [6, 6.07) is 0.880. The minimum atomic E-state index is -0.588. The summed E-state index contributed by atoms with van der Waals surface area (Å²) in [7, 11) is 2.16. The van der Waals surface area contributed by atoms with E-state index in [9.17, 15) is 9.90 Å². The van der Waals surface area contributed by atoms with Gasteiger partial charge in [-0.1, -0.05) is 32.6 Å². The Hall–Kier alpha value is -0.570. The van der Waals surface area contributed by atoms with Gasteiger partial charge in [0.15, 0.2) is 0 Å². The molecule has 1 N–H and O–H groups in total. The lowest BCUT2D eigenvalue weighted by Crippen LogP contribution is -2.49. The van der Waals surface area contributed by atoms with Gasteiger partial charge in [0, 0.05) is 12.1 Å². The number of carboxylic acids is 1. The summed E-state index contributed by atoms with van der Waals surface area (Å²) in [5.74, 6) is 0.0782. The lowest BCUT2D eigenvalue weighted by molar-refractivity contribution is -0.146. The van der Waals surface area contributed by atoms with Crippen LogP contribution in [0.1, 0.15) is 58.3 Å². The molecule has 18 heavy (non-hydrogen) atoms. The van der Waals surface area contributed by atoms with E-state index >= 15 is 0 Å². The van der Waals surface area contributed by atoms with Crippen LogP contribution in [0.25, 0.3) is 0 Å². The van der Waals surface area contributed by atoms with Crippen LogP contribution < -0.4 is 0 Å². The number of hydrogen-bond donors (Lipinski definition) is 1. The lowest BCUT2D eigenvalue weighted by atomic mass is 9.80. The molecule has 0 aromatic heterocycles. The smallest absolute Gasteiger partial charge is 0.308 e. The number of nitrogens with zero attached hydrogens (tertiary/aromatic N) is 1. The molecule has 0 aliphatic heterocycles. The SMILES string of the molecule is CC1CCCC(N(C)C2CCCCC2C(=O)O)C1. The lowest BCUT2D eigenvalue weighted by Gasteiger charge is -2.42. The normalized spacial score (nSPS) is 37.7. The van der Waals surface area contributed by atoms with Crippen molar-refractivity contribution >= 4 is 5.97 Å². The second-order valence-electron chi connectivity index (χ2n) is 6.39. The van der Waals surface area contributed by atoms with Gasteiger partial charge < -0.3 is 5.11 Å². The largest absolute Gasteiger partial charge is 0.481 e. The van der Waals surface area contributed by atoms with Crippen LogP contribution >= 0.6 is 0 Å². The zero-order valence-electron chi connectivity index (χ0n) is 11.8. The van der Waals surface area contributed by atoms with Crippen LogP contribution in [0.2, 0.25) is 0 Å². The molecule has 0 aromatic carbocycles. The Morgan fingerprint density at radius 1 is 1.11 bits per heavy atom. The van der Waals surface area contributed by atoms with Gasteiger partial charge in [-0.15, -0.1) is 0 Å².